The molecule has 1 fully saturated rings. The van der Waals surface area contributed by atoms with Crippen molar-refractivity contribution in [3.8, 4) is 11.5 Å². The summed E-state index contributed by atoms with van der Waals surface area (Å²) in [6.07, 6.45) is 1.55. The van der Waals surface area contributed by atoms with Gasteiger partial charge >= 0.3 is 5.97 Å². The first-order chi connectivity index (χ1) is 13.9. The van der Waals surface area contributed by atoms with E-state index in [9.17, 15) is 18.8 Å². The van der Waals surface area contributed by atoms with Gasteiger partial charge in [-0.1, -0.05) is 24.3 Å². The van der Waals surface area contributed by atoms with E-state index in [1.165, 1.54) is 19.1 Å². The Morgan fingerprint density at radius 2 is 1.93 bits per heavy atom. The number of hydrogen-bond acceptors (Lipinski definition) is 6. The molecule has 2 aromatic carbocycles. The minimum absolute atomic E-state index is 0.135. The van der Waals surface area contributed by atoms with Crippen molar-refractivity contribution in [3.05, 3.63) is 64.3 Å². The van der Waals surface area contributed by atoms with Crippen LogP contribution in [0, 0.1) is 5.82 Å². The molecule has 1 aliphatic heterocycles. The third-order valence-electron chi connectivity index (χ3n) is 3.98. The first-order valence-corrected chi connectivity index (χ1v) is 9.64. The molecular formula is C21H18FNO5S. The summed E-state index contributed by atoms with van der Waals surface area (Å²) in [4.78, 5) is 37.4. The highest BCUT2D eigenvalue weighted by Gasteiger charge is 2.35. The summed E-state index contributed by atoms with van der Waals surface area (Å²) in [5.74, 6) is -0.831. The summed E-state index contributed by atoms with van der Waals surface area (Å²) in [5.41, 5.74) is 0.862. The average molecular weight is 415 g/mol. The van der Waals surface area contributed by atoms with Crippen molar-refractivity contribution in [2.24, 2.45) is 0 Å². The highest BCUT2D eigenvalue weighted by atomic mass is 32.2. The number of hydrogen-bond donors (Lipinski definition) is 0. The van der Waals surface area contributed by atoms with Crippen LogP contribution >= 0.6 is 11.8 Å². The second-order valence-electron chi connectivity index (χ2n) is 6.09. The number of benzene rings is 2. The number of nitrogens with zero attached hydrogens (tertiary/aromatic N) is 1. The number of carbonyl (C=O) groups excluding carboxylic acids is 3. The molecule has 0 aromatic heterocycles. The molecular weight excluding hydrogens is 397 g/mol. The van der Waals surface area contributed by atoms with Crippen LogP contribution < -0.4 is 9.47 Å². The van der Waals surface area contributed by atoms with Crippen molar-refractivity contribution in [1.29, 1.82) is 0 Å². The van der Waals surface area contributed by atoms with Crippen LogP contribution in [-0.4, -0.2) is 28.6 Å². The Labute approximate surface area is 171 Å². The van der Waals surface area contributed by atoms with E-state index in [0.29, 0.717) is 17.9 Å². The minimum atomic E-state index is -0.495. The van der Waals surface area contributed by atoms with Crippen LogP contribution in [0.25, 0.3) is 6.08 Å². The minimum Gasteiger partial charge on any atom is -0.490 e. The molecule has 1 heterocycles. The maximum Gasteiger partial charge on any atom is 0.308 e. The van der Waals surface area contributed by atoms with Gasteiger partial charge in [-0.3, -0.25) is 19.3 Å². The molecule has 0 aliphatic carbocycles. The second-order valence-corrected chi connectivity index (χ2v) is 7.09. The standard InChI is InChI=1S/C21H18FNO5S/c1-3-27-18-10-14(8-9-17(18)28-13(2)24)11-19-20(25)23(21(26)29-19)12-15-6-4-5-7-16(15)22/h4-11H,3,12H2,1-2H3/b19-11+. The van der Waals surface area contributed by atoms with Crippen LogP contribution in [0.1, 0.15) is 25.0 Å². The van der Waals surface area contributed by atoms with Gasteiger partial charge in [0.15, 0.2) is 11.5 Å². The Bertz CT molecular complexity index is 1000. The van der Waals surface area contributed by atoms with Gasteiger partial charge in [-0.05, 0) is 48.5 Å². The smallest absolute Gasteiger partial charge is 0.308 e. The lowest BCUT2D eigenvalue weighted by Crippen LogP contribution is -2.27. The molecule has 0 bridgehead atoms. The number of esters is 1. The molecule has 29 heavy (non-hydrogen) atoms. The van der Waals surface area contributed by atoms with Gasteiger partial charge < -0.3 is 9.47 Å². The van der Waals surface area contributed by atoms with Crippen LogP contribution in [0.15, 0.2) is 47.4 Å². The van der Waals surface area contributed by atoms with E-state index in [2.05, 4.69) is 0 Å². The molecule has 0 saturated carbocycles. The number of rotatable bonds is 6. The van der Waals surface area contributed by atoms with E-state index in [-0.39, 0.29) is 22.8 Å². The third-order valence-corrected chi connectivity index (χ3v) is 4.89. The molecule has 0 atom stereocenters. The summed E-state index contributed by atoms with van der Waals surface area (Å²) in [6, 6.07) is 10.8. The lowest BCUT2D eigenvalue weighted by Gasteiger charge is -2.13. The van der Waals surface area contributed by atoms with Crippen molar-refractivity contribution in [1.82, 2.24) is 4.90 Å². The Hall–Kier alpha value is -3.13. The van der Waals surface area contributed by atoms with E-state index in [1.807, 2.05) is 0 Å². The van der Waals surface area contributed by atoms with Gasteiger partial charge in [0, 0.05) is 12.5 Å². The predicted molar refractivity (Wildman–Crippen MR) is 107 cm³/mol. The average Bonchev–Trinajstić information content (AvgIpc) is 2.93. The number of halogens is 1. The first kappa shape index (κ1) is 20.6. The summed E-state index contributed by atoms with van der Waals surface area (Å²) >= 11 is 0.786. The summed E-state index contributed by atoms with van der Waals surface area (Å²) < 4.78 is 24.5. The first-order valence-electron chi connectivity index (χ1n) is 8.83. The molecule has 0 spiro atoms. The van der Waals surface area contributed by atoms with E-state index in [0.717, 1.165) is 16.7 Å². The normalized spacial score (nSPS) is 15.1. The molecule has 0 N–H and O–H groups in total. The van der Waals surface area contributed by atoms with E-state index >= 15 is 0 Å². The van der Waals surface area contributed by atoms with E-state index in [4.69, 9.17) is 9.47 Å². The molecule has 150 valence electrons. The number of ether oxygens (including phenoxy) is 2. The Kier molecular flexibility index (Phi) is 6.33. The van der Waals surface area contributed by atoms with Crippen LogP contribution in [0.5, 0.6) is 11.5 Å². The number of carbonyl (C=O) groups is 3. The van der Waals surface area contributed by atoms with Crippen molar-refractivity contribution < 1.29 is 28.2 Å². The van der Waals surface area contributed by atoms with Gasteiger partial charge in [-0.2, -0.15) is 0 Å². The van der Waals surface area contributed by atoms with Crippen molar-refractivity contribution in [3.63, 3.8) is 0 Å². The summed E-state index contributed by atoms with van der Waals surface area (Å²) in [7, 11) is 0. The highest BCUT2D eigenvalue weighted by molar-refractivity contribution is 8.18. The fraction of sp³-hybridized carbons (Fsp3) is 0.190. The zero-order valence-electron chi connectivity index (χ0n) is 15.8. The number of thioether (sulfide) groups is 1. The molecule has 2 aromatic rings. The van der Waals surface area contributed by atoms with Crippen LogP contribution in [-0.2, 0) is 16.1 Å². The predicted octanol–water partition coefficient (Wildman–Crippen LogP) is 4.39. The fourth-order valence-corrected chi connectivity index (χ4v) is 3.54. The van der Waals surface area contributed by atoms with E-state index < -0.39 is 22.9 Å². The quantitative estimate of drug-likeness (QED) is 0.396. The largest absolute Gasteiger partial charge is 0.490 e. The molecule has 0 unspecified atom stereocenters. The second kappa shape index (κ2) is 8.91. The van der Waals surface area contributed by atoms with Crippen molar-refractivity contribution in [2.45, 2.75) is 20.4 Å². The van der Waals surface area contributed by atoms with Gasteiger partial charge in [0.2, 0.25) is 0 Å². The van der Waals surface area contributed by atoms with Gasteiger partial charge in [0.1, 0.15) is 5.82 Å². The molecule has 6 nitrogen and oxygen atoms in total. The van der Waals surface area contributed by atoms with Crippen LogP contribution in [0.2, 0.25) is 0 Å². The van der Waals surface area contributed by atoms with Crippen molar-refractivity contribution in [2.75, 3.05) is 6.61 Å². The number of amides is 2. The molecule has 0 radical (unpaired) electrons. The number of imide groups is 1. The fourth-order valence-electron chi connectivity index (χ4n) is 2.71. The van der Waals surface area contributed by atoms with Crippen LogP contribution in [0.4, 0.5) is 9.18 Å². The molecule has 2 amide bonds. The lowest BCUT2D eigenvalue weighted by molar-refractivity contribution is -0.132. The SMILES string of the molecule is CCOc1cc(/C=C2/SC(=O)N(Cc3ccccc3F)C2=O)ccc1OC(C)=O. The Morgan fingerprint density at radius 1 is 1.17 bits per heavy atom. The third kappa shape index (κ3) is 4.83. The lowest BCUT2D eigenvalue weighted by atomic mass is 10.1. The monoisotopic (exact) mass is 415 g/mol. The topological polar surface area (TPSA) is 72.9 Å². The van der Waals surface area contributed by atoms with Gasteiger partial charge in [0.05, 0.1) is 18.1 Å². The highest BCUT2D eigenvalue weighted by Crippen LogP contribution is 2.35. The summed E-state index contributed by atoms with van der Waals surface area (Å²) in [5, 5.41) is -0.467. The molecule has 1 saturated heterocycles. The zero-order chi connectivity index (χ0) is 21.0. The molecule has 3 rings (SSSR count). The van der Waals surface area contributed by atoms with Gasteiger partial charge in [-0.25, -0.2) is 4.39 Å². The van der Waals surface area contributed by atoms with Gasteiger partial charge in [0.25, 0.3) is 11.1 Å². The maximum absolute atomic E-state index is 13.9. The molecule has 8 heteroatoms. The maximum atomic E-state index is 13.9. The summed E-state index contributed by atoms with van der Waals surface area (Å²) in [6.45, 7) is 3.30. The Morgan fingerprint density at radius 3 is 2.62 bits per heavy atom. The Balaban J connectivity index is 1.84. The van der Waals surface area contributed by atoms with Gasteiger partial charge in [-0.15, -0.1) is 0 Å². The van der Waals surface area contributed by atoms with Crippen LogP contribution in [0.3, 0.4) is 0 Å². The molecule has 1 aliphatic rings. The van der Waals surface area contributed by atoms with E-state index in [1.54, 1.807) is 43.3 Å². The van der Waals surface area contributed by atoms with Crippen molar-refractivity contribution >= 4 is 35.0 Å². The zero-order valence-corrected chi connectivity index (χ0v) is 16.6.